The molecule has 10 nitrogen and oxygen atoms in total. The van der Waals surface area contributed by atoms with Gasteiger partial charge in [0.15, 0.2) is 23.0 Å². The van der Waals surface area contributed by atoms with Gasteiger partial charge in [-0.2, -0.15) is 0 Å². The van der Waals surface area contributed by atoms with Crippen LogP contribution in [0.1, 0.15) is 18.1 Å². The Balaban J connectivity index is 1.72. The molecule has 10 heteroatoms. The Bertz CT molecular complexity index is 1420. The monoisotopic (exact) mass is 575 g/mol. The van der Waals surface area contributed by atoms with Gasteiger partial charge in [0.25, 0.3) is 5.91 Å². The van der Waals surface area contributed by atoms with Crippen LogP contribution in [-0.2, 0) is 9.59 Å². The smallest absolute Gasteiger partial charge is 0.308 e. The van der Waals surface area contributed by atoms with Gasteiger partial charge in [0, 0.05) is 50.1 Å². The molecule has 42 heavy (non-hydrogen) atoms. The zero-order valence-corrected chi connectivity index (χ0v) is 24.9. The van der Waals surface area contributed by atoms with Crippen LogP contribution in [0.4, 0.5) is 11.4 Å². The number of nitrogens with one attached hydrogen (secondary N) is 1. The van der Waals surface area contributed by atoms with E-state index in [1.807, 2.05) is 24.3 Å². The highest BCUT2D eigenvalue weighted by molar-refractivity contribution is 6.29. The van der Waals surface area contributed by atoms with Gasteiger partial charge >= 0.3 is 5.97 Å². The van der Waals surface area contributed by atoms with Crippen LogP contribution in [0, 0.1) is 0 Å². The van der Waals surface area contributed by atoms with E-state index in [-0.39, 0.29) is 11.7 Å². The largest absolute Gasteiger partial charge is 0.493 e. The molecule has 1 aliphatic heterocycles. The van der Waals surface area contributed by atoms with E-state index in [9.17, 15) is 9.59 Å². The Hall–Kier alpha value is -4.70. The number of benzene rings is 3. The van der Waals surface area contributed by atoms with Crippen molar-refractivity contribution in [2.75, 3.05) is 71.9 Å². The van der Waals surface area contributed by atoms with E-state index in [1.54, 1.807) is 36.4 Å². The summed E-state index contributed by atoms with van der Waals surface area (Å²) in [6, 6.07) is 16.3. The number of methoxy groups -OCH3 is 4. The molecule has 0 saturated carbocycles. The molecule has 4 rings (SSSR count). The van der Waals surface area contributed by atoms with Gasteiger partial charge in [-0.05, 0) is 72.8 Å². The number of piperazine rings is 1. The van der Waals surface area contributed by atoms with Crippen LogP contribution in [0.3, 0.4) is 0 Å². The third kappa shape index (κ3) is 7.13. The SMILES string of the molecule is COc1ccc(/C=C(/C(=O)Nc2ccc(N3CCN(C)CC3)cc2)c2cc(OC)c(OC)c(OC)c2)cc1OC(C)=O. The first-order valence-electron chi connectivity index (χ1n) is 13.5. The fraction of sp³-hybridized carbons (Fsp3) is 0.312. The van der Waals surface area contributed by atoms with E-state index in [0.29, 0.717) is 45.4 Å². The van der Waals surface area contributed by atoms with Crippen molar-refractivity contribution in [3.05, 3.63) is 65.7 Å². The van der Waals surface area contributed by atoms with Crippen molar-refractivity contribution in [1.29, 1.82) is 0 Å². The number of amides is 1. The molecule has 1 heterocycles. The summed E-state index contributed by atoms with van der Waals surface area (Å²) in [6.07, 6.45) is 1.70. The molecular formula is C32H37N3O7. The molecule has 0 bridgehead atoms. The first kappa shape index (κ1) is 30.3. The van der Waals surface area contributed by atoms with Crippen molar-refractivity contribution in [2.24, 2.45) is 0 Å². The standard InChI is InChI=1S/C32H37N3O7/c1-21(36)42-28-18-22(7-12-27(28)38-3)17-26(23-19-29(39-4)31(41-6)30(20-23)40-5)32(37)33-24-8-10-25(11-9-24)35-15-13-34(2)14-16-35/h7-12,17-20H,13-16H2,1-6H3,(H,33,37)/b26-17+. The predicted octanol–water partition coefficient (Wildman–Crippen LogP) is 4.58. The van der Waals surface area contributed by atoms with Crippen LogP contribution in [0.2, 0.25) is 0 Å². The number of hydrogen-bond acceptors (Lipinski definition) is 9. The van der Waals surface area contributed by atoms with Crippen LogP contribution in [0.15, 0.2) is 54.6 Å². The van der Waals surface area contributed by atoms with E-state index in [1.165, 1.54) is 35.4 Å². The van der Waals surface area contributed by atoms with Gasteiger partial charge in [-0.15, -0.1) is 0 Å². The molecule has 0 aromatic heterocycles. The van der Waals surface area contributed by atoms with Crippen molar-refractivity contribution in [3.63, 3.8) is 0 Å². The summed E-state index contributed by atoms with van der Waals surface area (Å²) in [5.41, 5.74) is 3.21. The molecule has 1 amide bonds. The Kier molecular flexibility index (Phi) is 9.93. The van der Waals surface area contributed by atoms with Crippen LogP contribution < -0.4 is 33.9 Å². The van der Waals surface area contributed by atoms with Crippen molar-refractivity contribution in [2.45, 2.75) is 6.92 Å². The van der Waals surface area contributed by atoms with Gasteiger partial charge in [0.2, 0.25) is 5.75 Å². The molecule has 0 aliphatic carbocycles. The van der Waals surface area contributed by atoms with Gasteiger partial charge in [-0.3, -0.25) is 9.59 Å². The van der Waals surface area contributed by atoms with Gasteiger partial charge < -0.3 is 38.8 Å². The van der Waals surface area contributed by atoms with Gasteiger partial charge in [-0.25, -0.2) is 0 Å². The Morgan fingerprint density at radius 1 is 0.762 bits per heavy atom. The summed E-state index contributed by atoms with van der Waals surface area (Å²) in [7, 11) is 8.16. The molecule has 1 saturated heterocycles. The van der Waals surface area contributed by atoms with E-state index in [0.717, 1.165) is 31.9 Å². The third-order valence-electron chi connectivity index (χ3n) is 6.97. The Labute approximate surface area is 246 Å². The second kappa shape index (κ2) is 13.8. The minimum atomic E-state index is -0.489. The molecule has 3 aromatic rings. The summed E-state index contributed by atoms with van der Waals surface area (Å²) >= 11 is 0. The number of carbonyl (C=O) groups is 2. The van der Waals surface area contributed by atoms with E-state index in [2.05, 4.69) is 22.2 Å². The number of rotatable bonds is 10. The summed E-state index contributed by atoms with van der Waals surface area (Å²) in [6.45, 7) is 5.23. The second-order valence-corrected chi connectivity index (χ2v) is 9.77. The van der Waals surface area contributed by atoms with Crippen LogP contribution >= 0.6 is 0 Å². The molecule has 0 atom stereocenters. The van der Waals surface area contributed by atoms with Crippen molar-refractivity contribution >= 4 is 34.9 Å². The number of likely N-dealkylation sites (N-methyl/N-ethyl adjacent to an activating group) is 1. The average Bonchev–Trinajstić information content (AvgIpc) is 2.99. The molecule has 3 aromatic carbocycles. The number of carbonyl (C=O) groups excluding carboxylic acids is 2. The lowest BCUT2D eigenvalue weighted by Gasteiger charge is -2.34. The van der Waals surface area contributed by atoms with Gasteiger partial charge in [-0.1, -0.05) is 6.07 Å². The number of nitrogens with zero attached hydrogens (tertiary/aromatic N) is 2. The fourth-order valence-corrected chi connectivity index (χ4v) is 4.72. The number of ether oxygens (including phenoxy) is 5. The lowest BCUT2D eigenvalue weighted by atomic mass is 10.00. The highest BCUT2D eigenvalue weighted by Gasteiger charge is 2.21. The highest BCUT2D eigenvalue weighted by Crippen LogP contribution is 2.41. The second-order valence-electron chi connectivity index (χ2n) is 9.77. The third-order valence-corrected chi connectivity index (χ3v) is 6.97. The highest BCUT2D eigenvalue weighted by atomic mass is 16.6. The quantitative estimate of drug-likeness (QED) is 0.161. The molecule has 222 valence electrons. The predicted molar refractivity (Wildman–Crippen MR) is 163 cm³/mol. The lowest BCUT2D eigenvalue weighted by Crippen LogP contribution is -2.44. The summed E-state index contributed by atoms with van der Waals surface area (Å²) < 4.78 is 27.2. The molecule has 1 fully saturated rings. The van der Waals surface area contributed by atoms with Crippen molar-refractivity contribution in [1.82, 2.24) is 4.90 Å². The molecule has 1 N–H and O–H groups in total. The maximum Gasteiger partial charge on any atom is 0.308 e. The first-order chi connectivity index (χ1) is 20.3. The molecule has 0 unspecified atom stereocenters. The zero-order valence-electron chi connectivity index (χ0n) is 24.9. The number of esters is 1. The fourth-order valence-electron chi connectivity index (χ4n) is 4.72. The van der Waals surface area contributed by atoms with Crippen molar-refractivity contribution < 1.29 is 33.3 Å². The van der Waals surface area contributed by atoms with E-state index < -0.39 is 5.97 Å². The maximum absolute atomic E-state index is 13.9. The summed E-state index contributed by atoms with van der Waals surface area (Å²) in [5, 5.41) is 3.01. The minimum Gasteiger partial charge on any atom is -0.493 e. The molecule has 1 aliphatic rings. The van der Waals surface area contributed by atoms with Crippen LogP contribution in [0.5, 0.6) is 28.7 Å². The summed E-state index contributed by atoms with van der Waals surface area (Å²) in [4.78, 5) is 30.2. The molecule has 0 spiro atoms. The maximum atomic E-state index is 13.9. The molecule has 0 radical (unpaired) electrons. The Morgan fingerprint density at radius 3 is 1.93 bits per heavy atom. The summed E-state index contributed by atoms with van der Waals surface area (Å²) in [5.74, 6) is 0.988. The number of hydrogen-bond donors (Lipinski definition) is 1. The first-order valence-corrected chi connectivity index (χ1v) is 13.5. The van der Waals surface area contributed by atoms with Crippen molar-refractivity contribution in [3.8, 4) is 28.7 Å². The number of anilines is 2. The lowest BCUT2D eigenvalue weighted by molar-refractivity contribution is -0.132. The normalized spacial score (nSPS) is 13.8. The Morgan fingerprint density at radius 2 is 1.38 bits per heavy atom. The van der Waals surface area contributed by atoms with E-state index in [4.69, 9.17) is 23.7 Å². The zero-order chi connectivity index (χ0) is 30.2. The molecular weight excluding hydrogens is 538 g/mol. The van der Waals surface area contributed by atoms with E-state index >= 15 is 0 Å². The average molecular weight is 576 g/mol. The van der Waals surface area contributed by atoms with Gasteiger partial charge in [0.05, 0.1) is 28.4 Å². The van der Waals surface area contributed by atoms with Crippen LogP contribution in [-0.4, -0.2) is 78.4 Å². The topological polar surface area (TPSA) is 98.8 Å². The van der Waals surface area contributed by atoms with Gasteiger partial charge in [0.1, 0.15) is 0 Å². The van der Waals surface area contributed by atoms with Crippen LogP contribution in [0.25, 0.3) is 11.6 Å². The minimum absolute atomic E-state index is 0.239.